The fraction of sp³-hybridized carbons (Fsp3) is 0.312. The summed E-state index contributed by atoms with van der Waals surface area (Å²) in [5.74, 6) is 1.09. The molecule has 1 N–H and O–H groups in total. The van der Waals surface area contributed by atoms with Crippen molar-refractivity contribution in [2.24, 2.45) is 5.92 Å². The average Bonchev–Trinajstić information content (AvgIpc) is 3.01. The van der Waals surface area contributed by atoms with Crippen molar-refractivity contribution < 1.29 is 4.74 Å². The van der Waals surface area contributed by atoms with Crippen LogP contribution in [0.25, 0.3) is 0 Å². The molecule has 0 amide bonds. The van der Waals surface area contributed by atoms with Gasteiger partial charge in [-0.05, 0) is 24.6 Å². The summed E-state index contributed by atoms with van der Waals surface area (Å²) in [6.07, 6.45) is 2.76. The number of hydrogen-bond acceptors (Lipinski definition) is 3. The van der Waals surface area contributed by atoms with Gasteiger partial charge in [0.1, 0.15) is 6.10 Å². The van der Waals surface area contributed by atoms with E-state index < -0.39 is 0 Å². The molecule has 1 aliphatic heterocycles. The van der Waals surface area contributed by atoms with Gasteiger partial charge in [-0.25, -0.2) is 4.98 Å². The highest BCUT2D eigenvalue weighted by Crippen LogP contribution is 2.31. The normalized spacial score (nSPS) is 19.8. The Morgan fingerprint density at radius 3 is 2.70 bits per heavy atom. The molecule has 2 heterocycles. The SMILES string of the molecule is Clc1ccc(O[C@@H](c2ccccc2)C2CCNC2)nc1. The number of halogens is 1. The third-order valence-corrected chi connectivity index (χ3v) is 3.83. The first-order valence-corrected chi connectivity index (χ1v) is 7.24. The van der Waals surface area contributed by atoms with Gasteiger partial charge in [-0.15, -0.1) is 0 Å². The van der Waals surface area contributed by atoms with Crippen LogP contribution in [0.2, 0.25) is 5.02 Å². The first-order chi connectivity index (χ1) is 9.83. The van der Waals surface area contributed by atoms with Gasteiger partial charge >= 0.3 is 0 Å². The standard InChI is InChI=1S/C16H17ClN2O/c17-14-6-7-15(19-11-14)20-16(13-8-9-18-10-13)12-4-2-1-3-5-12/h1-7,11,13,16,18H,8-10H2/t13?,16-/m0/s1. The van der Waals surface area contributed by atoms with Gasteiger partial charge in [0.05, 0.1) is 5.02 Å². The largest absolute Gasteiger partial charge is 0.469 e. The van der Waals surface area contributed by atoms with E-state index in [-0.39, 0.29) is 6.10 Å². The van der Waals surface area contributed by atoms with E-state index in [1.807, 2.05) is 24.3 Å². The van der Waals surface area contributed by atoms with E-state index in [1.54, 1.807) is 12.3 Å². The molecule has 1 aliphatic rings. The summed E-state index contributed by atoms with van der Waals surface area (Å²) in [4.78, 5) is 4.24. The zero-order chi connectivity index (χ0) is 13.8. The highest BCUT2D eigenvalue weighted by atomic mass is 35.5. The van der Waals surface area contributed by atoms with Gasteiger partial charge in [0.25, 0.3) is 0 Å². The minimum Gasteiger partial charge on any atom is -0.469 e. The lowest BCUT2D eigenvalue weighted by atomic mass is 9.95. The van der Waals surface area contributed by atoms with Crippen molar-refractivity contribution in [3.8, 4) is 5.88 Å². The van der Waals surface area contributed by atoms with Crippen molar-refractivity contribution in [1.29, 1.82) is 0 Å². The summed E-state index contributed by atoms with van der Waals surface area (Å²) >= 11 is 5.86. The van der Waals surface area contributed by atoms with Crippen LogP contribution in [-0.2, 0) is 0 Å². The zero-order valence-corrected chi connectivity index (χ0v) is 11.9. The van der Waals surface area contributed by atoms with Crippen LogP contribution in [0.1, 0.15) is 18.1 Å². The number of pyridine rings is 1. The van der Waals surface area contributed by atoms with Crippen LogP contribution >= 0.6 is 11.6 Å². The van der Waals surface area contributed by atoms with E-state index in [0.29, 0.717) is 16.8 Å². The minimum absolute atomic E-state index is 0.0277. The lowest BCUT2D eigenvalue weighted by molar-refractivity contribution is 0.138. The molecule has 1 saturated heterocycles. The number of aromatic nitrogens is 1. The molecule has 0 bridgehead atoms. The molecule has 20 heavy (non-hydrogen) atoms. The van der Waals surface area contributed by atoms with Crippen molar-refractivity contribution in [1.82, 2.24) is 10.3 Å². The maximum absolute atomic E-state index is 6.13. The third-order valence-electron chi connectivity index (χ3n) is 3.60. The Hall–Kier alpha value is -1.58. The van der Waals surface area contributed by atoms with Crippen molar-refractivity contribution in [3.63, 3.8) is 0 Å². The lowest BCUT2D eigenvalue weighted by Crippen LogP contribution is -2.21. The molecule has 3 rings (SSSR count). The first kappa shape index (κ1) is 13.4. The number of hydrogen-bond donors (Lipinski definition) is 1. The van der Waals surface area contributed by atoms with Crippen molar-refractivity contribution >= 4 is 11.6 Å². The summed E-state index contributed by atoms with van der Waals surface area (Å²) in [7, 11) is 0. The second-order valence-corrected chi connectivity index (χ2v) is 5.45. The fourth-order valence-electron chi connectivity index (χ4n) is 2.58. The molecule has 3 nitrogen and oxygen atoms in total. The van der Waals surface area contributed by atoms with Crippen molar-refractivity contribution in [2.75, 3.05) is 13.1 Å². The van der Waals surface area contributed by atoms with Crippen LogP contribution in [0.5, 0.6) is 5.88 Å². The Labute approximate surface area is 123 Å². The minimum atomic E-state index is 0.0277. The Balaban J connectivity index is 1.83. The topological polar surface area (TPSA) is 34.1 Å². The smallest absolute Gasteiger partial charge is 0.213 e. The number of nitrogens with zero attached hydrogens (tertiary/aromatic N) is 1. The molecule has 0 spiro atoms. The van der Waals surface area contributed by atoms with E-state index in [4.69, 9.17) is 16.3 Å². The monoisotopic (exact) mass is 288 g/mol. The van der Waals surface area contributed by atoms with Gasteiger partial charge in [0.15, 0.2) is 0 Å². The van der Waals surface area contributed by atoms with Gasteiger partial charge in [0.2, 0.25) is 5.88 Å². The molecular formula is C16H17ClN2O. The van der Waals surface area contributed by atoms with Gasteiger partial charge in [-0.2, -0.15) is 0 Å². The number of nitrogens with one attached hydrogen (secondary N) is 1. The molecule has 1 unspecified atom stereocenters. The molecule has 0 aliphatic carbocycles. The Bertz CT molecular complexity index is 538. The number of rotatable bonds is 4. The molecule has 4 heteroatoms. The third kappa shape index (κ3) is 3.11. The van der Waals surface area contributed by atoms with Gasteiger partial charge in [0, 0.05) is 24.7 Å². The van der Waals surface area contributed by atoms with E-state index in [9.17, 15) is 0 Å². The average molecular weight is 289 g/mol. The molecular weight excluding hydrogens is 272 g/mol. The van der Waals surface area contributed by atoms with Crippen LogP contribution in [0, 0.1) is 5.92 Å². The first-order valence-electron chi connectivity index (χ1n) is 6.87. The Kier molecular flexibility index (Phi) is 4.19. The fourth-order valence-corrected chi connectivity index (χ4v) is 2.69. The highest BCUT2D eigenvalue weighted by molar-refractivity contribution is 6.30. The van der Waals surface area contributed by atoms with Crippen LogP contribution in [0.15, 0.2) is 48.7 Å². The van der Waals surface area contributed by atoms with Crippen LogP contribution in [0.4, 0.5) is 0 Å². The van der Waals surface area contributed by atoms with Crippen LogP contribution in [0.3, 0.4) is 0 Å². The summed E-state index contributed by atoms with van der Waals surface area (Å²) in [5.41, 5.74) is 1.19. The molecule has 0 saturated carbocycles. The maximum atomic E-state index is 6.13. The quantitative estimate of drug-likeness (QED) is 0.935. The van der Waals surface area contributed by atoms with Gasteiger partial charge < -0.3 is 10.1 Å². The molecule has 2 atom stereocenters. The second kappa shape index (κ2) is 6.25. The lowest BCUT2D eigenvalue weighted by Gasteiger charge is -2.24. The van der Waals surface area contributed by atoms with E-state index in [1.165, 1.54) is 5.56 Å². The highest BCUT2D eigenvalue weighted by Gasteiger charge is 2.28. The van der Waals surface area contributed by atoms with Crippen LogP contribution in [-0.4, -0.2) is 18.1 Å². The summed E-state index contributed by atoms with van der Waals surface area (Å²) in [6, 6.07) is 14.0. The summed E-state index contributed by atoms with van der Waals surface area (Å²) in [5, 5.41) is 4.02. The van der Waals surface area contributed by atoms with Crippen molar-refractivity contribution in [3.05, 3.63) is 59.2 Å². The summed E-state index contributed by atoms with van der Waals surface area (Å²) < 4.78 is 6.13. The predicted molar refractivity (Wildman–Crippen MR) is 80.0 cm³/mol. The van der Waals surface area contributed by atoms with E-state index in [0.717, 1.165) is 19.5 Å². The molecule has 1 aromatic heterocycles. The molecule has 2 aromatic rings. The molecule has 1 fully saturated rings. The van der Waals surface area contributed by atoms with Gasteiger partial charge in [-0.1, -0.05) is 41.9 Å². The van der Waals surface area contributed by atoms with Gasteiger partial charge in [-0.3, -0.25) is 0 Å². The zero-order valence-electron chi connectivity index (χ0n) is 11.1. The number of benzene rings is 1. The molecule has 0 radical (unpaired) electrons. The van der Waals surface area contributed by atoms with E-state index in [2.05, 4.69) is 22.4 Å². The van der Waals surface area contributed by atoms with Crippen molar-refractivity contribution in [2.45, 2.75) is 12.5 Å². The second-order valence-electron chi connectivity index (χ2n) is 5.02. The van der Waals surface area contributed by atoms with E-state index >= 15 is 0 Å². The molecule has 1 aromatic carbocycles. The van der Waals surface area contributed by atoms with Crippen LogP contribution < -0.4 is 10.1 Å². The Morgan fingerprint density at radius 1 is 1.20 bits per heavy atom. The summed E-state index contributed by atoms with van der Waals surface area (Å²) in [6.45, 7) is 2.03. The molecule has 104 valence electrons. The number of ether oxygens (including phenoxy) is 1. The Morgan fingerprint density at radius 2 is 2.05 bits per heavy atom. The predicted octanol–water partition coefficient (Wildman–Crippen LogP) is 3.46. The maximum Gasteiger partial charge on any atom is 0.213 e.